The van der Waals surface area contributed by atoms with Crippen molar-refractivity contribution in [1.82, 2.24) is 19.8 Å². The number of benzene rings is 1. The van der Waals surface area contributed by atoms with Crippen molar-refractivity contribution >= 4 is 17.8 Å². The van der Waals surface area contributed by atoms with Gasteiger partial charge in [0.15, 0.2) is 5.82 Å². The molecule has 162 valence electrons. The normalized spacial score (nSPS) is 16.0. The van der Waals surface area contributed by atoms with E-state index >= 15 is 0 Å². The second kappa shape index (κ2) is 9.51. The summed E-state index contributed by atoms with van der Waals surface area (Å²) in [6, 6.07) is 9.12. The first-order valence-electron chi connectivity index (χ1n) is 10.1. The van der Waals surface area contributed by atoms with Crippen LogP contribution in [0, 0.1) is 6.92 Å². The molecule has 0 saturated carbocycles. The van der Waals surface area contributed by atoms with Gasteiger partial charge in [0, 0.05) is 38.2 Å². The van der Waals surface area contributed by atoms with E-state index in [1.165, 1.54) is 13.0 Å². The average Bonchev–Trinajstić information content (AvgIpc) is 2.76. The minimum atomic E-state index is -0.671. The SMILES string of the molecule is C=CCOC(=O)c1c(C)nc(-c2ccccc2)nc1C(=O)N1CCN(C(C)=O)[C@H](C)C1. The van der Waals surface area contributed by atoms with Crippen LogP contribution in [0.5, 0.6) is 0 Å². The van der Waals surface area contributed by atoms with Crippen LogP contribution in [-0.4, -0.2) is 69.8 Å². The van der Waals surface area contributed by atoms with Gasteiger partial charge in [-0.1, -0.05) is 43.0 Å². The number of rotatable bonds is 5. The van der Waals surface area contributed by atoms with Gasteiger partial charge in [-0.05, 0) is 13.8 Å². The molecule has 0 unspecified atom stereocenters. The zero-order chi connectivity index (χ0) is 22.5. The van der Waals surface area contributed by atoms with E-state index in [2.05, 4.69) is 16.5 Å². The lowest BCUT2D eigenvalue weighted by atomic mass is 10.1. The summed E-state index contributed by atoms with van der Waals surface area (Å²) in [7, 11) is 0. The lowest BCUT2D eigenvalue weighted by Crippen LogP contribution is -2.55. The molecule has 31 heavy (non-hydrogen) atoms. The van der Waals surface area contributed by atoms with Gasteiger partial charge in [0.1, 0.15) is 17.9 Å². The van der Waals surface area contributed by atoms with Crippen LogP contribution in [0.3, 0.4) is 0 Å². The van der Waals surface area contributed by atoms with Crippen molar-refractivity contribution in [2.24, 2.45) is 0 Å². The molecule has 1 aliphatic heterocycles. The Labute approximate surface area is 181 Å². The van der Waals surface area contributed by atoms with Crippen LogP contribution in [0.4, 0.5) is 0 Å². The molecular formula is C23H26N4O4. The number of piperazine rings is 1. The first kappa shape index (κ1) is 22.1. The maximum Gasteiger partial charge on any atom is 0.342 e. The number of ether oxygens (including phenoxy) is 1. The van der Waals surface area contributed by atoms with Crippen molar-refractivity contribution in [2.45, 2.75) is 26.8 Å². The quantitative estimate of drug-likeness (QED) is 0.543. The molecule has 1 fully saturated rings. The summed E-state index contributed by atoms with van der Waals surface area (Å²) < 4.78 is 5.19. The van der Waals surface area contributed by atoms with Crippen molar-refractivity contribution < 1.29 is 19.1 Å². The number of esters is 1. The topological polar surface area (TPSA) is 92.7 Å². The summed E-state index contributed by atoms with van der Waals surface area (Å²) in [6.07, 6.45) is 1.45. The van der Waals surface area contributed by atoms with Crippen LogP contribution >= 0.6 is 0 Å². The predicted octanol–water partition coefficient (Wildman–Crippen LogP) is 2.49. The highest BCUT2D eigenvalue weighted by atomic mass is 16.5. The molecule has 1 aromatic heterocycles. The smallest absolute Gasteiger partial charge is 0.342 e. The van der Waals surface area contributed by atoms with Crippen molar-refractivity contribution in [2.75, 3.05) is 26.2 Å². The van der Waals surface area contributed by atoms with Gasteiger partial charge in [0.05, 0.1) is 5.69 Å². The molecule has 0 bridgehead atoms. The monoisotopic (exact) mass is 422 g/mol. The molecule has 1 atom stereocenters. The van der Waals surface area contributed by atoms with Gasteiger partial charge in [-0.15, -0.1) is 0 Å². The summed E-state index contributed by atoms with van der Waals surface area (Å²) in [5, 5.41) is 0. The van der Waals surface area contributed by atoms with E-state index < -0.39 is 5.97 Å². The molecule has 0 spiro atoms. The Kier molecular flexibility index (Phi) is 6.79. The molecule has 1 aliphatic rings. The number of aromatic nitrogens is 2. The minimum absolute atomic E-state index is 0.00360. The fourth-order valence-corrected chi connectivity index (χ4v) is 3.65. The second-order valence-corrected chi connectivity index (χ2v) is 7.42. The maximum atomic E-state index is 13.5. The summed E-state index contributed by atoms with van der Waals surface area (Å²) in [6.45, 7) is 9.76. The zero-order valence-corrected chi connectivity index (χ0v) is 18.0. The van der Waals surface area contributed by atoms with Gasteiger partial charge in [0.2, 0.25) is 5.91 Å². The average molecular weight is 422 g/mol. The van der Waals surface area contributed by atoms with Gasteiger partial charge in [-0.3, -0.25) is 9.59 Å². The van der Waals surface area contributed by atoms with Crippen LogP contribution < -0.4 is 0 Å². The third-order valence-corrected chi connectivity index (χ3v) is 5.18. The maximum absolute atomic E-state index is 13.5. The number of hydrogen-bond donors (Lipinski definition) is 0. The molecule has 1 saturated heterocycles. The number of nitrogens with zero attached hydrogens (tertiary/aromatic N) is 4. The molecule has 2 aromatic rings. The molecule has 8 heteroatoms. The van der Waals surface area contributed by atoms with Gasteiger partial charge in [-0.2, -0.15) is 0 Å². The third-order valence-electron chi connectivity index (χ3n) is 5.18. The second-order valence-electron chi connectivity index (χ2n) is 7.42. The highest BCUT2D eigenvalue weighted by Gasteiger charge is 2.33. The van der Waals surface area contributed by atoms with Crippen molar-refractivity contribution in [3.8, 4) is 11.4 Å². The van der Waals surface area contributed by atoms with Gasteiger partial charge < -0.3 is 14.5 Å². The van der Waals surface area contributed by atoms with E-state index in [0.29, 0.717) is 31.2 Å². The van der Waals surface area contributed by atoms with E-state index in [4.69, 9.17) is 4.74 Å². The number of hydrogen-bond acceptors (Lipinski definition) is 6. The fourth-order valence-electron chi connectivity index (χ4n) is 3.65. The summed E-state index contributed by atoms with van der Waals surface area (Å²) in [5.74, 6) is -0.728. The molecule has 0 radical (unpaired) electrons. The van der Waals surface area contributed by atoms with Crippen molar-refractivity contribution in [3.05, 3.63) is 59.9 Å². The van der Waals surface area contributed by atoms with Crippen LogP contribution in [-0.2, 0) is 9.53 Å². The Morgan fingerprint density at radius 2 is 1.90 bits per heavy atom. The molecule has 3 rings (SSSR count). The van der Waals surface area contributed by atoms with E-state index in [1.807, 2.05) is 37.3 Å². The van der Waals surface area contributed by atoms with Crippen LogP contribution in [0.2, 0.25) is 0 Å². The first-order chi connectivity index (χ1) is 14.8. The highest BCUT2D eigenvalue weighted by molar-refractivity contribution is 6.05. The van der Waals surface area contributed by atoms with Gasteiger partial charge in [0.25, 0.3) is 5.91 Å². The Morgan fingerprint density at radius 3 is 2.52 bits per heavy atom. The highest BCUT2D eigenvalue weighted by Crippen LogP contribution is 2.22. The minimum Gasteiger partial charge on any atom is -0.458 e. The molecular weight excluding hydrogens is 396 g/mol. The Bertz CT molecular complexity index is 1010. The molecule has 0 N–H and O–H groups in total. The summed E-state index contributed by atoms with van der Waals surface area (Å²) >= 11 is 0. The third kappa shape index (κ3) is 4.79. The molecule has 1 aromatic carbocycles. The predicted molar refractivity (Wildman–Crippen MR) is 115 cm³/mol. The van der Waals surface area contributed by atoms with Gasteiger partial charge in [-0.25, -0.2) is 14.8 Å². The number of aryl methyl sites for hydroxylation is 1. The molecule has 2 heterocycles. The Morgan fingerprint density at radius 1 is 1.19 bits per heavy atom. The number of carbonyl (C=O) groups is 3. The van der Waals surface area contributed by atoms with E-state index in [1.54, 1.807) is 16.7 Å². The van der Waals surface area contributed by atoms with E-state index in [9.17, 15) is 14.4 Å². The van der Waals surface area contributed by atoms with E-state index in [-0.39, 0.29) is 35.7 Å². The summed E-state index contributed by atoms with van der Waals surface area (Å²) in [5.41, 5.74) is 1.15. The molecule has 0 aliphatic carbocycles. The fraction of sp³-hybridized carbons (Fsp3) is 0.348. The number of carbonyl (C=O) groups excluding carboxylic acids is 3. The zero-order valence-electron chi connectivity index (χ0n) is 18.0. The van der Waals surface area contributed by atoms with Crippen molar-refractivity contribution in [1.29, 1.82) is 0 Å². The number of amides is 2. The van der Waals surface area contributed by atoms with Gasteiger partial charge >= 0.3 is 5.97 Å². The Balaban J connectivity index is 2.02. The van der Waals surface area contributed by atoms with Crippen LogP contribution in [0.15, 0.2) is 43.0 Å². The van der Waals surface area contributed by atoms with Crippen LogP contribution in [0.25, 0.3) is 11.4 Å². The van der Waals surface area contributed by atoms with E-state index in [0.717, 1.165) is 5.56 Å². The lowest BCUT2D eigenvalue weighted by molar-refractivity contribution is -0.132. The molecule has 8 nitrogen and oxygen atoms in total. The van der Waals surface area contributed by atoms with Crippen LogP contribution in [0.1, 0.15) is 40.4 Å². The summed E-state index contributed by atoms with van der Waals surface area (Å²) in [4.78, 5) is 50.2. The standard InChI is InChI=1S/C23H26N4O4/c1-5-13-31-23(30)19-16(3)24-21(18-9-7-6-8-10-18)25-20(19)22(29)26-11-12-27(17(4)28)15(2)14-26/h5-10,15H,1,11-14H2,2-4H3/t15-/m1/s1. The first-order valence-corrected chi connectivity index (χ1v) is 10.1. The van der Waals surface area contributed by atoms with Crippen molar-refractivity contribution in [3.63, 3.8) is 0 Å². The Hall–Kier alpha value is -3.55. The molecule has 2 amide bonds. The largest absolute Gasteiger partial charge is 0.458 e. The lowest BCUT2D eigenvalue weighted by Gasteiger charge is -2.39.